The van der Waals surface area contributed by atoms with Crippen molar-refractivity contribution in [3.8, 4) is 0 Å². The molecule has 0 aromatic carbocycles. The smallest absolute Gasteiger partial charge is 0.279 e. The van der Waals surface area contributed by atoms with Crippen LogP contribution >= 0.6 is 15.9 Å². The molecule has 0 fully saturated rings. The highest BCUT2D eigenvalue weighted by atomic mass is 79.9. The van der Waals surface area contributed by atoms with Gasteiger partial charge in [-0.2, -0.15) is 0 Å². The highest BCUT2D eigenvalue weighted by Gasteiger charge is 2.14. The first-order valence-corrected chi connectivity index (χ1v) is 5.86. The molecule has 0 unspecified atom stereocenters. The summed E-state index contributed by atoms with van der Waals surface area (Å²) in [5.41, 5.74) is 0.180. The van der Waals surface area contributed by atoms with E-state index in [-0.39, 0.29) is 18.2 Å². The highest BCUT2D eigenvalue weighted by molar-refractivity contribution is 9.10. The predicted molar refractivity (Wildman–Crippen MR) is 67.1 cm³/mol. The number of ether oxygens (including phenoxy) is 1. The minimum absolute atomic E-state index is 0.180. The Morgan fingerprint density at radius 1 is 1.61 bits per heavy atom. The first-order valence-electron chi connectivity index (χ1n) is 5.07. The van der Waals surface area contributed by atoms with E-state index in [4.69, 9.17) is 9.26 Å². The van der Waals surface area contributed by atoms with Gasteiger partial charge >= 0.3 is 0 Å². The van der Waals surface area contributed by atoms with Gasteiger partial charge < -0.3 is 14.6 Å². The fourth-order valence-corrected chi connectivity index (χ4v) is 1.63. The van der Waals surface area contributed by atoms with E-state index >= 15 is 0 Å². The predicted octanol–water partition coefficient (Wildman–Crippen LogP) is 2.23. The molecule has 2 aromatic heterocycles. The number of carbonyl (C=O) groups excluding carboxylic acids is 1. The van der Waals surface area contributed by atoms with E-state index in [1.54, 1.807) is 18.3 Å². The third kappa shape index (κ3) is 2.93. The van der Waals surface area contributed by atoms with E-state index in [1.165, 1.54) is 13.2 Å². The number of anilines is 1. The zero-order valence-corrected chi connectivity index (χ0v) is 11.1. The molecule has 0 aliphatic carbocycles. The molecule has 0 aliphatic heterocycles. The van der Waals surface area contributed by atoms with E-state index in [0.29, 0.717) is 16.1 Å². The largest absolute Gasteiger partial charge is 0.377 e. The van der Waals surface area contributed by atoms with Crippen LogP contribution < -0.4 is 5.32 Å². The Morgan fingerprint density at radius 2 is 2.44 bits per heavy atom. The van der Waals surface area contributed by atoms with Crippen molar-refractivity contribution in [2.75, 3.05) is 12.4 Å². The second-order valence-corrected chi connectivity index (χ2v) is 4.25. The number of methoxy groups -OCH3 is 1. The molecular formula is C11H10BrN3O3. The van der Waals surface area contributed by atoms with Crippen molar-refractivity contribution in [1.82, 2.24) is 10.1 Å². The van der Waals surface area contributed by atoms with Crippen LogP contribution in [0.15, 0.2) is 33.4 Å². The lowest BCUT2D eigenvalue weighted by Gasteiger charge is -2.02. The second-order valence-electron chi connectivity index (χ2n) is 3.40. The maximum absolute atomic E-state index is 11.8. The normalized spacial score (nSPS) is 10.3. The first-order chi connectivity index (χ1) is 8.70. The van der Waals surface area contributed by atoms with Gasteiger partial charge in [-0.15, -0.1) is 0 Å². The maximum Gasteiger partial charge on any atom is 0.279 e. The summed E-state index contributed by atoms with van der Waals surface area (Å²) in [6, 6.07) is 5.06. The molecular weight excluding hydrogens is 302 g/mol. The summed E-state index contributed by atoms with van der Waals surface area (Å²) in [7, 11) is 1.53. The van der Waals surface area contributed by atoms with Gasteiger partial charge in [-0.25, -0.2) is 4.98 Å². The van der Waals surface area contributed by atoms with Crippen molar-refractivity contribution in [3.63, 3.8) is 0 Å². The van der Waals surface area contributed by atoms with Crippen LogP contribution in [0.4, 0.5) is 5.82 Å². The number of hydrogen-bond donors (Lipinski definition) is 1. The summed E-state index contributed by atoms with van der Waals surface area (Å²) >= 11 is 3.29. The molecule has 1 N–H and O–H groups in total. The molecule has 2 heterocycles. The van der Waals surface area contributed by atoms with Gasteiger partial charge in [0, 0.05) is 19.4 Å². The van der Waals surface area contributed by atoms with Gasteiger partial charge in [0.1, 0.15) is 12.4 Å². The number of hydrogen-bond acceptors (Lipinski definition) is 5. The van der Waals surface area contributed by atoms with Crippen LogP contribution in [0.25, 0.3) is 0 Å². The molecule has 7 heteroatoms. The standard InChI is InChI=1S/C11H10BrN3O3/c1-17-6-7-5-9(15-18-7)11(16)14-10-8(12)3-2-4-13-10/h2-5H,6H2,1H3,(H,13,14,16). The molecule has 94 valence electrons. The van der Waals surface area contributed by atoms with Crippen molar-refractivity contribution in [3.05, 3.63) is 40.3 Å². The molecule has 0 bridgehead atoms. The Morgan fingerprint density at radius 3 is 3.17 bits per heavy atom. The number of nitrogens with one attached hydrogen (secondary N) is 1. The molecule has 2 aromatic rings. The monoisotopic (exact) mass is 311 g/mol. The lowest BCUT2D eigenvalue weighted by molar-refractivity contribution is 0.101. The molecule has 0 aliphatic rings. The van der Waals surface area contributed by atoms with Gasteiger partial charge in [-0.1, -0.05) is 5.16 Å². The summed E-state index contributed by atoms with van der Waals surface area (Å²) in [5, 5.41) is 6.27. The number of pyridine rings is 1. The molecule has 0 saturated heterocycles. The van der Waals surface area contributed by atoms with Crippen molar-refractivity contribution >= 4 is 27.7 Å². The maximum atomic E-state index is 11.8. The zero-order valence-electron chi connectivity index (χ0n) is 9.51. The van der Waals surface area contributed by atoms with E-state index in [0.717, 1.165) is 0 Å². The number of aromatic nitrogens is 2. The van der Waals surface area contributed by atoms with E-state index in [1.807, 2.05) is 0 Å². The van der Waals surface area contributed by atoms with Crippen molar-refractivity contribution < 1.29 is 14.1 Å². The Bertz CT molecular complexity index is 556. The molecule has 0 radical (unpaired) electrons. The van der Waals surface area contributed by atoms with Crippen LogP contribution in [-0.2, 0) is 11.3 Å². The fourth-order valence-electron chi connectivity index (χ4n) is 1.28. The van der Waals surface area contributed by atoms with Crippen molar-refractivity contribution in [2.45, 2.75) is 6.61 Å². The lowest BCUT2D eigenvalue weighted by atomic mass is 10.3. The summed E-state index contributed by atoms with van der Waals surface area (Å²) < 4.78 is 10.5. The first kappa shape index (κ1) is 12.7. The molecule has 2 rings (SSSR count). The highest BCUT2D eigenvalue weighted by Crippen LogP contribution is 2.19. The van der Waals surface area contributed by atoms with Gasteiger partial charge in [0.2, 0.25) is 0 Å². The van der Waals surface area contributed by atoms with Gasteiger partial charge in [-0.3, -0.25) is 4.79 Å². The SMILES string of the molecule is COCc1cc(C(=O)Nc2ncccc2Br)no1. The van der Waals surface area contributed by atoms with Crippen LogP contribution in [-0.4, -0.2) is 23.2 Å². The van der Waals surface area contributed by atoms with Crippen LogP contribution in [0.3, 0.4) is 0 Å². The summed E-state index contributed by atoms with van der Waals surface area (Å²) in [6.45, 7) is 0.271. The topological polar surface area (TPSA) is 77.2 Å². The van der Waals surface area contributed by atoms with Crippen LogP contribution in [0.2, 0.25) is 0 Å². The molecule has 1 amide bonds. The summed E-state index contributed by atoms with van der Waals surface area (Å²) in [6.07, 6.45) is 1.58. The average Bonchev–Trinajstić information content (AvgIpc) is 2.81. The van der Waals surface area contributed by atoms with Gasteiger partial charge in [0.15, 0.2) is 11.5 Å². The molecule has 18 heavy (non-hydrogen) atoms. The zero-order chi connectivity index (χ0) is 13.0. The van der Waals surface area contributed by atoms with Gasteiger partial charge in [0.05, 0.1) is 4.47 Å². The Balaban J connectivity index is 2.10. The fraction of sp³-hybridized carbons (Fsp3) is 0.182. The molecule has 0 saturated carbocycles. The quantitative estimate of drug-likeness (QED) is 0.937. The van der Waals surface area contributed by atoms with Gasteiger partial charge in [0.25, 0.3) is 5.91 Å². The number of amides is 1. The van der Waals surface area contributed by atoms with E-state index in [2.05, 4.69) is 31.4 Å². The van der Waals surface area contributed by atoms with Gasteiger partial charge in [-0.05, 0) is 28.1 Å². The Labute approximate surface area is 111 Å². The summed E-state index contributed by atoms with van der Waals surface area (Å²) in [4.78, 5) is 15.9. The second kappa shape index (κ2) is 5.74. The van der Waals surface area contributed by atoms with E-state index in [9.17, 15) is 4.79 Å². The summed E-state index contributed by atoms with van der Waals surface area (Å²) in [5.74, 6) is 0.530. The van der Waals surface area contributed by atoms with Crippen LogP contribution in [0.5, 0.6) is 0 Å². The van der Waals surface area contributed by atoms with Crippen molar-refractivity contribution in [1.29, 1.82) is 0 Å². The lowest BCUT2D eigenvalue weighted by Crippen LogP contribution is -2.13. The Kier molecular flexibility index (Phi) is 4.06. The Hall–Kier alpha value is -1.73. The third-order valence-corrected chi connectivity index (χ3v) is 2.71. The minimum Gasteiger partial charge on any atom is -0.377 e. The number of rotatable bonds is 4. The molecule has 0 spiro atoms. The molecule has 0 atom stereocenters. The average molecular weight is 312 g/mol. The van der Waals surface area contributed by atoms with Crippen LogP contribution in [0, 0.1) is 0 Å². The minimum atomic E-state index is -0.388. The number of carbonyl (C=O) groups is 1. The number of halogens is 1. The van der Waals surface area contributed by atoms with Crippen LogP contribution in [0.1, 0.15) is 16.2 Å². The van der Waals surface area contributed by atoms with E-state index < -0.39 is 0 Å². The number of nitrogens with zero attached hydrogens (tertiary/aromatic N) is 2. The third-order valence-electron chi connectivity index (χ3n) is 2.07. The van der Waals surface area contributed by atoms with Crippen molar-refractivity contribution in [2.24, 2.45) is 0 Å². The molecule has 6 nitrogen and oxygen atoms in total.